The van der Waals surface area contributed by atoms with Crippen LogP contribution in [0.3, 0.4) is 0 Å². The Morgan fingerprint density at radius 3 is 2.61 bits per heavy atom. The summed E-state index contributed by atoms with van der Waals surface area (Å²) >= 11 is 7.00. The predicted molar refractivity (Wildman–Crippen MR) is 88.3 cm³/mol. The zero-order chi connectivity index (χ0) is 17.0. The Morgan fingerprint density at radius 1 is 1.26 bits per heavy atom. The van der Waals surface area contributed by atoms with Crippen LogP contribution in [0.4, 0.5) is 14.5 Å². The summed E-state index contributed by atoms with van der Waals surface area (Å²) in [6.07, 6.45) is 0. The van der Waals surface area contributed by atoms with Crippen LogP contribution in [-0.4, -0.2) is 18.3 Å². The maximum absolute atomic E-state index is 13.6. The fourth-order valence-corrected chi connectivity index (χ4v) is 2.93. The van der Waals surface area contributed by atoms with Gasteiger partial charge in [0.15, 0.2) is 0 Å². The lowest BCUT2D eigenvalue weighted by Gasteiger charge is -2.13. The van der Waals surface area contributed by atoms with E-state index < -0.39 is 16.9 Å². The molecule has 2 rings (SSSR count). The van der Waals surface area contributed by atoms with Gasteiger partial charge in [0.1, 0.15) is 17.4 Å². The summed E-state index contributed by atoms with van der Waals surface area (Å²) in [7, 11) is 1.50. The SMILES string of the molecule is COc1ccc(NC(=O)C(C)Sc2ccc(F)cc2F)cc1Cl. The molecule has 0 aromatic heterocycles. The van der Waals surface area contributed by atoms with Crippen molar-refractivity contribution in [3.63, 3.8) is 0 Å². The molecule has 0 saturated carbocycles. The Labute approximate surface area is 142 Å². The number of carbonyl (C=O) groups is 1. The van der Waals surface area contributed by atoms with Crippen molar-refractivity contribution < 1.29 is 18.3 Å². The fraction of sp³-hybridized carbons (Fsp3) is 0.188. The third-order valence-corrected chi connectivity index (χ3v) is 4.43. The molecule has 7 heteroatoms. The van der Waals surface area contributed by atoms with Gasteiger partial charge in [-0.05, 0) is 37.3 Å². The Hall–Kier alpha value is -1.79. The number of halogens is 3. The largest absolute Gasteiger partial charge is 0.495 e. The minimum atomic E-state index is -0.692. The van der Waals surface area contributed by atoms with Crippen LogP contribution in [0, 0.1) is 11.6 Å². The van der Waals surface area contributed by atoms with Gasteiger partial charge in [-0.25, -0.2) is 8.78 Å². The van der Waals surface area contributed by atoms with Crippen molar-refractivity contribution in [2.75, 3.05) is 12.4 Å². The predicted octanol–water partition coefficient (Wildman–Crippen LogP) is 4.75. The maximum atomic E-state index is 13.6. The molecule has 2 aromatic rings. The lowest BCUT2D eigenvalue weighted by Crippen LogP contribution is -2.22. The van der Waals surface area contributed by atoms with E-state index in [0.717, 1.165) is 23.9 Å². The van der Waals surface area contributed by atoms with Crippen LogP contribution in [0.5, 0.6) is 5.75 Å². The van der Waals surface area contributed by atoms with Crippen molar-refractivity contribution in [3.05, 3.63) is 53.1 Å². The molecule has 0 saturated heterocycles. The van der Waals surface area contributed by atoms with Gasteiger partial charge in [0.25, 0.3) is 0 Å². The second kappa shape index (κ2) is 7.66. The summed E-state index contributed by atoms with van der Waals surface area (Å²) < 4.78 is 31.5. The molecule has 0 bridgehead atoms. The Balaban J connectivity index is 2.03. The molecule has 0 spiro atoms. The molecule has 1 atom stereocenters. The molecule has 1 N–H and O–H groups in total. The summed E-state index contributed by atoms with van der Waals surface area (Å²) in [6, 6.07) is 8.10. The van der Waals surface area contributed by atoms with Gasteiger partial charge in [-0.15, -0.1) is 11.8 Å². The van der Waals surface area contributed by atoms with Crippen LogP contribution in [0.25, 0.3) is 0 Å². The van der Waals surface area contributed by atoms with Crippen molar-refractivity contribution in [2.24, 2.45) is 0 Å². The molecule has 0 aliphatic carbocycles. The van der Waals surface area contributed by atoms with Gasteiger partial charge in [0, 0.05) is 16.6 Å². The van der Waals surface area contributed by atoms with Crippen LogP contribution in [0.15, 0.2) is 41.3 Å². The quantitative estimate of drug-likeness (QED) is 0.785. The number of thioether (sulfide) groups is 1. The van der Waals surface area contributed by atoms with E-state index in [1.54, 1.807) is 25.1 Å². The minimum Gasteiger partial charge on any atom is -0.495 e. The van der Waals surface area contributed by atoms with E-state index in [1.807, 2.05) is 0 Å². The number of amides is 1. The number of nitrogens with one attached hydrogen (secondary N) is 1. The summed E-state index contributed by atoms with van der Waals surface area (Å²) in [5.41, 5.74) is 0.507. The first kappa shape index (κ1) is 17.6. The average molecular weight is 358 g/mol. The van der Waals surface area contributed by atoms with E-state index in [4.69, 9.17) is 16.3 Å². The number of hydrogen-bond donors (Lipinski definition) is 1. The smallest absolute Gasteiger partial charge is 0.237 e. The molecule has 2 aromatic carbocycles. The Kier molecular flexibility index (Phi) is 5.85. The summed E-state index contributed by atoms with van der Waals surface area (Å²) in [5.74, 6) is -1.17. The van der Waals surface area contributed by atoms with Crippen molar-refractivity contribution in [1.82, 2.24) is 0 Å². The number of carbonyl (C=O) groups excluding carboxylic acids is 1. The molecule has 0 aliphatic rings. The Bertz CT molecular complexity index is 727. The normalized spacial score (nSPS) is 11.9. The summed E-state index contributed by atoms with van der Waals surface area (Å²) in [5, 5.41) is 2.49. The van der Waals surface area contributed by atoms with E-state index >= 15 is 0 Å². The summed E-state index contributed by atoms with van der Waals surface area (Å²) in [6.45, 7) is 1.63. The zero-order valence-electron chi connectivity index (χ0n) is 12.4. The first-order valence-electron chi connectivity index (χ1n) is 6.67. The third-order valence-electron chi connectivity index (χ3n) is 2.99. The van der Waals surface area contributed by atoms with Crippen molar-refractivity contribution in [1.29, 1.82) is 0 Å². The second-order valence-corrected chi connectivity index (χ2v) is 6.46. The van der Waals surface area contributed by atoms with Crippen molar-refractivity contribution in [2.45, 2.75) is 17.1 Å². The number of anilines is 1. The number of hydrogen-bond acceptors (Lipinski definition) is 3. The lowest BCUT2D eigenvalue weighted by atomic mass is 10.3. The monoisotopic (exact) mass is 357 g/mol. The second-order valence-electron chi connectivity index (χ2n) is 4.67. The van der Waals surface area contributed by atoms with Gasteiger partial charge in [-0.1, -0.05) is 11.6 Å². The van der Waals surface area contributed by atoms with Crippen LogP contribution < -0.4 is 10.1 Å². The number of benzene rings is 2. The molecule has 1 unspecified atom stereocenters. The highest BCUT2D eigenvalue weighted by Gasteiger charge is 2.17. The highest BCUT2D eigenvalue weighted by atomic mass is 35.5. The molecular weight excluding hydrogens is 344 g/mol. The number of methoxy groups -OCH3 is 1. The van der Waals surface area contributed by atoms with Gasteiger partial charge < -0.3 is 10.1 Å². The minimum absolute atomic E-state index is 0.210. The van der Waals surface area contributed by atoms with Gasteiger partial charge in [-0.2, -0.15) is 0 Å². The maximum Gasteiger partial charge on any atom is 0.237 e. The summed E-state index contributed by atoms with van der Waals surface area (Å²) in [4.78, 5) is 12.4. The van der Waals surface area contributed by atoms with Gasteiger partial charge >= 0.3 is 0 Å². The first-order chi connectivity index (χ1) is 10.9. The zero-order valence-corrected chi connectivity index (χ0v) is 14.0. The van der Waals surface area contributed by atoms with Crippen molar-refractivity contribution in [3.8, 4) is 5.75 Å². The first-order valence-corrected chi connectivity index (χ1v) is 7.92. The standard InChI is InChI=1S/C16H14ClF2NO2S/c1-9(23-15-6-3-10(18)7-13(15)19)16(21)20-11-4-5-14(22-2)12(17)8-11/h3-9H,1-2H3,(H,20,21). The van der Waals surface area contributed by atoms with E-state index in [9.17, 15) is 13.6 Å². The van der Waals surface area contributed by atoms with E-state index in [1.165, 1.54) is 13.2 Å². The van der Waals surface area contributed by atoms with Gasteiger partial charge in [-0.3, -0.25) is 4.79 Å². The lowest BCUT2D eigenvalue weighted by molar-refractivity contribution is -0.115. The average Bonchev–Trinajstić information content (AvgIpc) is 2.50. The van der Waals surface area contributed by atoms with Gasteiger partial charge in [0.2, 0.25) is 5.91 Å². The van der Waals surface area contributed by atoms with E-state index in [0.29, 0.717) is 16.5 Å². The molecule has 0 fully saturated rings. The molecule has 23 heavy (non-hydrogen) atoms. The molecule has 3 nitrogen and oxygen atoms in total. The topological polar surface area (TPSA) is 38.3 Å². The fourth-order valence-electron chi connectivity index (χ4n) is 1.80. The van der Waals surface area contributed by atoms with Crippen LogP contribution in [-0.2, 0) is 4.79 Å². The number of rotatable bonds is 5. The Morgan fingerprint density at radius 2 is 2.00 bits per heavy atom. The molecule has 0 aliphatic heterocycles. The molecule has 0 radical (unpaired) electrons. The van der Waals surface area contributed by atoms with Gasteiger partial charge in [0.05, 0.1) is 17.4 Å². The molecule has 122 valence electrons. The van der Waals surface area contributed by atoms with E-state index in [2.05, 4.69) is 5.32 Å². The third kappa shape index (κ3) is 4.59. The van der Waals surface area contributed by atoms with Crippen LogP contribution >= 0.6 is 23.4 Å². The van der Waals surface area contributed by atoms with Crippen molar-refractivity contribution >= 4 is 35.0 Å². The number of ether oxygens (including phenoxy) is 1. The molecule has 0 heterocycles. The highest BCUT2D eigenvalue weighted by Crippen LogP contribution is 2.29. The molecular formula is C16H14ClF2NO2S. The van der Waals surface area contributed by atoms with E-state index in [-0.39, 0.29) is 10.8 Å². The highest BCUT2D eigenvalue weighted by molar-refractivity contribution is 8.00. The van der Waals surface area contributed by atoms with Crippen LogP contribution in [0.2, 0.25) is 5.02 Å². The van der Waals surface area contributed by atoms with Crippen LogP contribution in [0.1, 0.15) is 6.92 Å². The molecule has 1 amide bonds.